The lowest BCUT2D eigenvalue weighted by atomic mass is 9.92. The van der Waals surface area contributed by atoms with Crippen molar-refractivity contribution in [2.24, 2.45) is 7.05 Å². The fraction of sp³-hybridized carbons (Fsp3) is 0.235. The van der Waals surface area contributed by atoms with Crippen LogP contribution in [0.15, 0.2) is 48.9 Å². The number of nitrogens with one attached hydrogen (secondary N) is 1. The van der Waals surface area contributed by atoms with Crippen LogP contribution >= 0.6 is 0 Å². The van der Waals surface area contributed by atoms with Crippen molar-refractivity contribution in [2.75, 3.05) is 13.1 Å². The molecule has 0 radical (unpaired) electrons. The van der Waals surface area contributed by atoms with E-state index in [0.29, 0.717) is 11.6 Å². The van der Waals surface area contributed by atoms with Crippen LogP contribution < -0.4 is 0 Å². The molecule has 1 amide bonds. The van der Waals surface area contributed by atoms with Crippen LogP contribution in [-0.2, 0) is 7.05 Å². The standard InChI is InChI=1S/C17H17N5O/c1-21-7-3-5-16(21)14-8-15(20-19-14)17(23)22-10-13(11-22)12-4-2-6-18-9-12/h2-9,13H,10-11H2,1H3,(H,19,20). The summed E-state index contributed by atoms with van der Waals surface area (Å²) in [6.45, 7) is 1.45. The number of amides is 1. The number of H-pyrrole nitrogens is 1. The molecule has 1 aliphatic heterocycles. The maximum atomic E-state index is 12.5. The Morgan fingerprint density at radius 3 is 2.87 bits per heavy atom. The Balaban J connectivity index is 1.45. The van der Waals surface area contributed by atoms with Crippen LogP contribution in [0.2, 0.25) is 0 Å². The summed E-state index contributed by atoms with van der Waals surface area (Å²) in [6, 6.07) is 9.74. The molecule has 0 unspecified atom stereocenters. The molecule has 0 aromatic carbocycles. The van der Waals surface area contributed by atoms with E-state index in [1.54, 1.807) is 6.20 Å². The van der Waals surface area contributed by atoms with Crippen LogP contribution in [0, 0.1) is 0 Å². The minimum absolute atomic E-state index is 0.00176. The van der Waals surface area contributed by atoms with Gasteiger partial charge in [-0.1, -0.05) is 6.07 Å². The van der Waals surface area contributed by atoms with E-state index in [9.17, 15) is 4.79 Å². The monoisotopic (exact) mass is 307 g/mol. The average molecular weight is 307 g/mol. The second-order valence-electron chi connectivity index (χ2n) is 5.86. The lowest BCUT2D eigenvalue weighted by Gasteiger charge is -2.39. The lowest BCUT2D eigenvalue weighted by Crippen LogP contribution is -2.48. The number of nitrogens with zero attached hydrogens (tertiary/aromatic N) is 4. The lowest BCUT2D eigenvalue weighted by molar-refractivity contribution is 0.0596. The van der Waals surface area contributed by atoms with E-state index in [2.05, 4.69) is 21.2 Å². The molecule has 1 aliphatic rings. The molecule has 1 N–H and O–H groups in total. The summed E-state index contributed by atoms with van der Waals surface area (Å²) in [4.78, 5) is 18.5. The summed E-state index contributed by atoms with van der Waals surface area (Å²) in [6.07, 6.45) is 5.59. The molecule has 4 heterocycles. The summed E-state index contributed by atoms with van der Waals surface area (Å²) < 4.78 is 1.98. The molecule has 0 bridgehead atoms. The number of likely N-dealkylation sites (tertiary alicyclic amines) is 1. The molecule has 4 rings (SSSR count). The fourth-order valence-electron chi connectivity index (χ4n) is 2.93. The van der Waals surface area contributed by atoms with E-state index in [1.165, 1.54) is 5.56 Å². The van der Waals surface area contributed by atoms with Crippen molar-refractivity contribution in [3.63, 3.8) is 0 Å². The van der Waals surface area contributed by atoms with Gasteiger partial charge in [0.2, 0.25) is 0 Å². The van der Waals surface area contributed by atoms with E-state index >= 15 is 0 Å². The van der Waals surface area contributed by atoms with Crippen molar-refractivity contribution in [1.29, 1.82) is 0 Å². The number of aryl methyl sites for hydroxylation is 1. The molecule has 6 heteroatoms. The van der Waals surface area contributed by atoms with Gasteiger partial charge in [-0.3, -0.25) is 14.9 Å². The van der Waals surface area contributed by atoms with Gasteiger partial charge in [0.25, 0.3) is 5.91 Å². The minimum Gasteiger partial charge on any atom is -0.349 e. The normalized spacial score (nSPS) is 14.7. The maximum Gasteiger partial charge on any atom is 0.271 e. The maximum absolute atomic E-state index is 12.5. The van der Waals surface area contributed by atoms with Crippen LogP contribution in [0.3, 0.4) is 0 Å². The molecule has 0 saturated carbocycles. The third-order valence-corrected chi connectivity index (χ3v) is 4.34. The van der Waals surface area contributed by atoms with Crippen LogP contribution in [0.4, 0.5) is 0 Å². The van der Waals surface area contributed by atoms with Crippen LogP contribution in [-0.4, -0.2) is 43.6 Å². The SMILES string of the molecule is Cn1cccc1-c1cc(C(=O)N2CC(c3cccnc3)C2)[nH]n1. The van der Waals surface area contributed by atoms with Crippen LogP contribution in [0.5, 0.6) is 0 Å². The molecule has 3 aromatic heterocycles. The number of hydrogen-bond donors (Lipinski definition) is 1. The molecule has 0 spiro atoms. The molecule has 23 heavy (non-hydrogen) atoms. The number of hydrogen-bond acceptors (Lipinski definition) is 3. The van der Waals surface area contributed by atoms with Gasteiger partial charge in [-0.25, -0.2) is 0 Å². The highest BCUT2D eigenvalue weighted by Crippen LogP contribution is 2.28. The predicted molar refractivity (Wildman–Crippen MR) is 85.9 cm³/mol. The average Bonchev–Trinajstić information content (AvgIpc) is 3.15. The van der Waals surface area contributed by atoms with Gasteiger partial charge in [0.05, 0.1) is 5.69 Å². The Hall–Kier alpha value is -2.89. The van der Waals surface area contributed by atoms with E-state index in [4.69, 9.17) is 0 Å². The van der Waals surface area contributed by atoms with Gasteiger partial charge in [0.15, 0.2) is 0 Å². The zero-order valence-corrected chi connectivity index (χ0v) is 12.8. The smallest absolute Gasteiger partial charge is 0.271 e. The number of carbonyl (C=O) groups excluding carboxylic acids is 1. The fourth-order valence-corrected chi connectivity index (χ4v) is 2.93. The molecule has 0 aliphatic carbocycles. The van der Waals surface area contributed by atoms with Crippen molar-refractivity contribution in [1.82, 2.24) is 24.6 Å². The highest BCUT2D eigenvalue weighted by atomic mass is 16.2. The molecule has 0 atom stereocenters. The zero-order chi connectivity index (χ0) is 15.8. The number of carbonyl (C=O) groups is 1. The number of rotatable bonds is 3. The molecule has 6 nitrogen and oxygen atoms in total. The molecule has 116 valence electrons. The number of aromatic amines is 1. The predicted octanol–water partition coefficient (Wildman–Crippen LogP) is 2.05. The van der Waals surface area contributed by atoms with Crippen molar-refractivity contribution in [2.45, 2.75) is 5.92 Å². The molecule has 1 fully saturated rings. The minimum atomic E-state index is -0.00176. The van der Waals surface area contributed by atoms with E-state index in [1.807, 2.05) is 53.2 Å². The van der Waals surface area contributed by atoms with Gasteiger partial charge in [-0.15, -0.1) is 0 Å². The summed E-state index contributed by atoms with van der Waals surface area (Å²) in [5, 5.41) is 7.11. The summed E-state index contributed by atoms with van der Waals surface area (Å²) in [7, 11) is 1.96. The Morgan fingerprint density at radius 1 is 1.30 bits per heavy atom. The number of pyridine rings is 1. The van der Waals surface area contributed by atoms with Gasteiger partial charge in [-0.05, 0) is 29.8 Å². The van der Waals surface area contributed by atoms with Gasteiger partial charge < -0.3 is 9.47 Å². The van der Waals surface area contributed by atoms with Gasteiger partial charge >= 0.3 is 0 Å². The second kappa shape index (κ2) is 5.39. The largest absolute Gasteiger partial charge is 0.349 e. The first kappa shape index (κ1) is 13.8. The van der Waals surface area contributed by atoms with Crippen molar-refractivity contribution in [3.8, 4) is 11.4 Å². The van der Waals surface area contributed by atoms with Gasteiger partial charge in [0, 0.05) is 44.6 Å². The summed E-state index contributed by atoms with van der Waals surface area (Å²) in [5.41, 5.74) is 3.49. The van der Waals surface area contributed by atoms with E-state index in [0.717, 1.165) is 24.5 Å². The summed E-state index contributed by atoms with van der Waals surface area (Å²) in [5.74, 6) is 0.376. The molecular weight excluding hydrogens is 290 g/mol. The van der Waals surface area contributed by atoms with Crippen molar-refractivity contribution in [3.05, 3.63) is 60.2 Å². The van der Waals surface area contributed by atoms with Gasteiger partial charge in [0.1, 0.15) is 11.4 Å². The number of aromatic nitrogens is 4. The van der Waals surface area contributed by atoms with E-state index in [-0.39, 0.29) is 5.91 Å². The third kappa shape index (κ3) is 2.42. The summed E-state index contributed by atoms with van der Waals surface area (Å²) >= 11 is 0. The Labute approximate surface area is 133 Å². The van der Waals surface area contributed by atoms with E-state index < -0.39 is 0 Å². The topological polar surface area (TPSA) is 66.8 Å². The second-order valence-corrected chi connectivity index (χ2v) is 5.86. The van der Waals surface area contributed by atoms with Crippen molar-refractivity contribution >= 4 is 5.91 Å². The third-order valence-electron chi connectivity index (χ3n) is 4.34. The highest BCUT2D eigenvalue weighted by Gasteiger charge is 2.33. The Bertz CT molecular complexity index is 830. The quantitative estimate of drug-likeness (QED) is 0.805. The Kier molecular flexibility index (Phi) is 3.22. The first-order valence-corrected chi connectivity index (χ1v) is 7.58. The van der Waals surface area contributed by atoms with Crippen molar-refractivity contribution < 1.29 is 4.79 Å². The van der Waals surface area contributed by atoms with Crippen LogP contribution in [0.25, 0.3) is 11.4 Å². The molecule has 3 aromatic rings. The highest BCUT2D eigenvalue weighted by molar-refractivity contribution is 5.94. The van der Waals surface area contributed by atoms with Gasteiger partial charge in [-0.2, -0.15) is 5.10 Å². The zero-order valence-electron chi connectivity index (χ0n) is 12.8. The first-order chi connectivity index (χ1) is 11.2. The molecule has 1 saturated heterocycles. The Morgan fingerprint density at radius 2 is 2.17 bits per heavy atom. The first-order valence-electron chi connectivity index (χ1n) is 7.58. The molecular formula is C17H17N5O. The van der Waals surface area contributed by atoms with Crippen LogP contribution in [0.1, 0.15) is 22.0 Å².